The molecule has 2 aromatic carbocycles. The summed E-state index contributed by atoms with van der Waals surface area (Å²) in [6.45, 7) is 11.2. The monoisotopic (exact) mass is 832 g/mol. The molecule has 304 valence electrons. The van der Waals surface area contributed by atoms with Crippen LogP contribution >= 0.6 is 34.3 Å². The number of benzene rings is 2. The first-order valence-corrected chi connectivity index (χ1v) is 21.5. The van der Waals surface area contributed by atoms with Gasteiger partial charge in [0, 0.05) is 44.3 Å². The van der Waals surface area contributed by atoms with E-state index >= 15 is 0 Å². The van der Waals surface area contributed by atoms with Crippen molar-refractivity contribution in [3.05, 3.63) is 66.3 Å². The summed E-state index contributed by atoms with van der Waals surface area (Å²) < 4.78 is 13.0. The molecule has 0 aliphatic heterocycles. The minimum Gasteiger partial charge on any atom is -0.444 e. The number of rotatable bonds is 4. The molecule has 0 atom stereocenters. The molecule has 0 unspecified atom stereocenters. The van der Waals surface area contributed by atoms with Gasteiger partial charge in [-0.25, -0.2) is 29.5 Å². The van der Waals surface area contributed by atoms with Gasteiger partial charge < -0.3 is 31.2 Å². The molecule has 6 aromatic rings. The molecular weight excluding hydrogens is 780 g/mol. The third-order valence-corrected chi connectivity index (χ3v) is 12.0. The average Bonchev–Trinajstić information content (AvgIpc) is 3.72. The Morgan fingerprint density at radius 1 is 0.649 bits per heavy atom. The maximum absolute atomic E-state index is 12.0. The first-order chi connectivity index (χ1) is 27.1. The number of thiophene rings is 2. The van der Waals surface area contributed by atoms with Gasteiger partial charge in [-0.15, -0.1) is 22.7 Å². The van der Waals surface area contributed by atoms with Crippen molar-refractivity contribution >= 4 is 92.9 Å². The van der Waals surface area contributed by atoms with Crippen LogP contribution in [0.15, 0.2) is 61.2 Å². The zero-order valence-electron chi connectivity index (χ0n) is 33.4. The van der Waals surface area contributed by atoms with E-state index in [4.69, 9.17) is 26.8 Å². The number of nitrogens with two attached hydrogens (primary N) is 1. The fraction of sp³-hybridized carbons (Fsp3) is 0.476. The van der Waals surface area contributed by atoms with E-state index in [0.717, 1.165) is 83.0 Å². The van der Waals surface area contributed by atoms with Crippen LogP contribution in [0.3, 0.4) is 0 Å². The van der Waals surface area contributed by atoms with Gasteiger partial charge in [-0.05, 0) is 105 Å². The SMILES string of the molecule is CC(C)(C)OC(=O)NC1CCC(N)CC1.CC(C)(C)OC(=O)NC1CCC(Nc2ncnc3sc4ccccc4c23)CC1.Clc1ncnc2sc3ccccc3c12. The van der Waals surface area contributed by atoms with E-state index in [9.17, 15) is 9.59 Å². The van der Waals surface area contributed by atoms with Gasteiger partial charge in [0.1, 0.15) is 44.5 Å². The summed E-state index contributed by atoms with van der Waals surface area (Å²) in [6, 6.07) is 17.5. The van der Waals surface area contributed by atoms with E-state index in [0.29, 0.717) is 17.2 Å². The molecule has 0 bridgehead atoms. The molecule has 5 N–H and O–H groups in total. The maximum atomic E-state index is 12.0. The molecule has 2 aliphatic rings. The fourth-order valence-corrected chi connectivity index (χ4v) is 9.35. The lowest BCUT2D eigenvalue weighted by Gasteiger charge is -2.30. The molecule has 0 radical (unpaired) electrons. The molecule has 2 amide bonds. The van der Waals surface area contributed by atoms with Gasteiger partial charge in [-0.2, -0.15) is 0 Å². The van der Waals surface area contributed by atoms with Gasteiger partial charge in [0.05, 0.1) is 10.8 Å². The Morgan fingerprint density at radius 2 is 1.09 bits per heavy atom. The van der Waals surface area contributed by atoms with Crippen LogP contribution in [0.25, 0.3) is 40.6 Å². The topological polar surface area (TPSA) is 166 Å². The summed E-state index contributed by atoms with van der Waals surface area (Å²) in [4.78, 5) is 42.6. The Hall–Kier alpha value is -4.37. The molecule has 0 spiro atoms. The van der Waals surface area contributed by atoms with Crippen molar-refractivity contribution < 1.29 is 19.1 Å². The van der Waals surface area contributed by atoms with Crippen molar-refractivity contribution in [1.29, 1.82) is 0 Å². The van der Waals surface area contributed by atoms with Crippen LogP contribution in [-0.2, 0) is 9.47 Å². The molecule has 2 aliphatic carbocycles. The number of hydrogen-bond acceptors (Lipinski definition) is 12. The number of ether oxygens (including phenoxy) is 2. The smallest absolute Gasteiger partial charge is 0.407 e. The lowest BCUT2D eigenvalue weighted by molar-refractivity contribution is 0.0480. The largest absolute Gasteiger partial charge is 0.444 e. The van der Waals surface area contributed by atoms with Gasteiger partial charge in [-0.3, -0.25) is 0 Å². The normalized spacial score (nSPS) is 19.9. The molecule has 4 heterocycles. The Morgan fingerprint density at radius 3 is 1.61 bits per heavy atom. The Kier molecular flexibility index (Phi) is 13.7. The number of amides is 2. The highest BCUT2D eigenvalue weighted by atomic mass is 35.5. The number of carbonyl (C=O) groups is 2. The van der Waals surface area contributed by atoms with Gasteiger partial charge in [0.2, 0.25) is 0 Å². The second-order valence-corrected chi connectivity index (χ2v) is 19.0. The van der Waals surface area contributed by atoms with Crippen LogP contribution in [0.4, 0.5) is 15.4 Å². The number of nitrogens with one attached hydrogen (secondary N) is 3. The molecule has 0 saturated heterocycles. The summed E-state index contributed by atoms with van der Waals surface area (Å²) in [5.41, 5.74) is 4.90. The molecular formula is C42H53ClN8O4S2. The summed E-state index contributed by atoms with van der Waals surface area (Å²) in [6.07, 6.45) is 10.2. The lowest BCUT2D eigenvalue weighted by atomic mass is 9.91. The van der Waals surface area contributed by atoms with E-state index in [-0.39, 0.29) is 24.3 Å². The number of nitrogens with zero attached hydrogens (tertiary/aromatic N) is 4. The summed E-state index contributed by atoms with van der Waals surface area (Å²) in [5, 5.41) is 14.4. The van der Waals surface area contributed by atoms with Crippen LogP contribution in [0, 0.1) is 0 Å². The number of fused-ring (bicyclic) bond motifs is 6. The quantitative estimate of drug-likeness (QED) is 0.126. The first kappa shape index (κ1) is 42.2. The number of carbonyl (C=O) groups excluding carboxylic acids is 2. The zero-order valence-corrected chi connectivity index (χ0v) is 35.8. The number of anilines is 1. The van der Waals surface area contributed by atoms with E-state index in [1.54, 1.807) is 29.0 Å². The van der Waals surface area contributed by atoms with Gasteiger partial charge in [0.15, 0.2) is 0 Å². The summed E-state index contributed by atoms with van der Waals surface area (Å²) in [5.74, 6) is 0.908. The van der Waals surface area contributed by atoms with Crippen molar-refractivity contribution in [2.75, 3.05) is 5.32 Å². The summed E-state index contributed by atoms with van der Waals surface area (Å²) in [7, 11) is 0. The van der Waals surface area contributed by atoms with Crippen molar-refractivity contribution in [3.63, 3.8) is 0 Å². The van der Waals surface area contributed by atoms with Crippen LogP contribution in [-0.4, -0.2) is 67.5 Å². The van der Waals surface area contributed by atoms with Crippen LogP contribution in [0.1, 0.15) is 92.9 Å². The van der Waals surface area contributed by atoms with E-state index in [1.807, 2.05) is 59.7 Å². The third kappa shape index (κ3) is 11.8. The molecule has 2 fully saturated rings. The van der Waals surface area contributed by atoms with Crippen LogP contribution < -0.4 is 21.7 Å². The van der Waals surface area contributed by atoms with E-state index in [2.05, 4.69) is 66.2 Å². The first-order valence-electron chi connectivity index (χ1n) is 19.5. The van der Waals surface area contributed by atoms with E-state index < -0.39 is 11.2 Å². The third-order valence-electron chi connectivity index (χ3n) is 9.59. The molecule has 57 heavy (non-hydrogen) atoms. The lowest BCUT2D eigenvalue weighted by Crippen LogP contribution is -2.42. The van der Waals surface area contributed by atoms with Crippen molar-refractivity contribution in [1.82, 2.24) is 30.6 Å². The van der Waals surface area contributed by atoms with Crippen molar-refractivity contribution in [3.8, 4) is 0 Å². The highest BCUT2D eigenvalue weighted by molar-refractivity contribution is 7.25. The van der Waals surface area contributed by atoms with Crippen molar-refractivity contribution in [2.24, 2.45) is 5.73 Å². The highest BCUT2D eigenvalue weighted by Crippen LogP contribution is 2.37. The molecule has 4 aromatic heterocycles. The molecule has 12 nitrogen and oxygen atoms in total. The average molecular weight is 834 g/mol. The predicted octanol–water partition coefficient (Wildman–Crippen LogP) is 10.4. The number of halogens is 1. The number of aromatic nitrogens is 4. The zero-order chi connectivity index (χ0) is 40.7. The van der Waals surface area contributed by atoms with Crippen molar-refractivity contribution in [2.45, 2.75) is 128 Å². The Bertz CT molecular complexity index is 2290. The molecule has 8 rings (SSSR count). The molecule has 2 saturated carbocycles. The van der Waals surface area contributed by atoms with Gasteiger partial charge in [-0.1, -0.05) is 48.0 Å². The minimum absolute atomic E-state index is 0.167. The fourth-order valence-electron chi connectivity index (χ4n) is 6.97. The van der Waals surface area contributed by atoms with Gasteiger partial charge >= 0.3 is 12.2 Å². The Labute approximate surface area is 346 Å². The highest BCUT2D eigenvalue weighted by Gasteiger charge is 2.26. The standard InChI is InChI=1S/C21H26N4O2S.C11H22N2O2.C10H5ClN2S/c1-21(2,3)27-20(26)25-14-10-8-13(9-11-14)24-18-17-15-6-4-5-7-16(15)28-19(17)23-12-22-18;1-11(2,3)15-10(14)13-9-6-4-8(12)5-7-9;11-9-8-6-3-1-2-4-7(6)14-10(8)13-5-12-9/h4-7,12-14H,8-11H2,1-3H3,(H,25,26)(H,22,23,24);8-9H,4-7,12H2,1-3H3,(H,13,14);1-5H. The Balaban J connectivity index is 0.000000159. The summed E-state index contributed by atoms with van der Waals surface area (Å²) >= 11 is 9.37. The number of alkyl carbamates (subject to hydrolysis) is 2. The van der Waals surface area contributed by atoms with E-state index in [1.165, 1.54) is 21.1 Å². The van der Waals surface area contributed by atoms with Crippen LogP contribution in [0.5, 0.6) is 0 Å². The molecule has 15 heteroatoms. The van der Waals surface area contributed by atoms with Crippen LogP contribution in [0.2, 0.25) is 5.15 Å². The number of hydrogen-bond donors (Lipinski definition) is 4. The maximum Gasteiger partial charge on any atom is 0.407 e. The second kappa shape index (κ2) is 18.5. The predicted molar refractivity (Wildman–Crippen MR) is 233 cm³/mol. The van der Waals surface area contributed by atoms with Gasteiger partial charge in [0.25, 0.3) is 0 Å². The minimum atomic E-state index is -0.468. The second-order valence-electron chi connectivity index (χ2n) is 16.5.